The highest BCUT2D eigenvalue weighted by molar-refractivity contribution is 7.91. The molecule has 6 fully saturated rings. The van der Waals surface area contributed by atoms with Crippen molar-refractivity contribution in [2.24, 2.45) is 29.6 Å². The summed E-state index contributed by atoms with van der Waals surface area (Å²) in [6.07, 6.45) is 7.49. The second kappa shape index (κ2) is 17.9. The van der Waals surface area contributed by atoms with Crippen molar-refractivity contribution < 1.29 is 46.9 Å². The lowest BCUT2D eigenvalue weighted by molar-refractivity contribution is -0.145. The Labute approximate surface area is 391 Å². The van der Waals surface area contributed by atoms with Crippen molar-refractivity contribution in [3.8, 4) is 22.9 Å². The predicted octanol–water partition coefficient (Wildman–Crippen LogP) is 5.74. The number of nitrogens with one attached hydrogen (secondary N) is 2. The van der Waals surface area contributed by atoms with Gasteiger partial charge in [0, 0.05) is 48.1 Å². The molecule has 0 radical (unpaired) electrons. The Morgan fingerprint density at radius 1 is 0.970 bits per heavy atom. The summed E-state index contributed by atoms with van der Waals surface area (Å²) in [6, 6.07) is 13.1. The van der Waals surface area contributed by atoms with Crippen molar-refractivity contribution in [1.82, 2.24) is 24.8 Å². The van der Waals surface area contributed by atoms with E-state index in [1.807, 2.05) is 55.5 Å². The molecule has 1 aromatic heterocycles. The molecule has 4 amide bonds. The van der Waals surface area contributed by atoms with Crippen LogP contribution in [-0.2, 0) is 29.1 Å². The number of amides is 4. The first kappa shape index (κ1) is 45.4. The first-order valence-corrected chi connectivity index (χ1v) is 25.7. The highest BCUT2D eigenvalue weighted by Crippen LogP contribution is 2.54. The van der Waals surface area contributed by atoms with E-state index in [1.165, 1.54) is 9.80 Å². The molecular weight excluding hydrogens is 877 g/mol. The van der Waals surface area contributed by atoms with Gasteiger partial charge < -0.3 is 34.4 Å². The van der Waals surface area contributed by atoms with Gasteiger partial charge in [-0.25, -0.2) is 18.2 Å². The summed E-state index contributed by atoms with van der Waals surface area (Å²) in [7, 11) is -2.34. The minimum Gasteiger partial charge on any atom is -0.497 e. The molecule has 10 rings (SSSR count). The number of rotatable bonds is 10. The number of sulfonamides is 1. The summed E-state index contributed by atoms with van der Waals surface area (Å²) in [6.45, 7) is 6.91. The number of morpholine rings is 1. The lowest BCUT2D eigenvalue weighted by Gasteiger charge is -2.40. The second-order valence-corrected chi connectivity index (χ2v) is 22.3. The van der Waals surface area contributed by atoms with Crippen molar-refractivity contribution in [3.05, 3.63) is 60.7 Å². The maximum absolute atomic E-state index is 15.5. The summed E-state index contributed by atoms with van der Waals surface area (Å²) in [4.78, 5) is 68.2. The Morgan fingerprint density at radius 2 is 1.72 bits per heavy atom. The van der Waals surface area contributed by atoms with Gasteiger partial charge in [0.25, 0.3) is 5.91 Å². The van der Waals surface area contributed by atoms with Crippen LogP contribution in [0.4, 0.5) is 10.5 Å². The van der Waals surface area contributed by atoms with Crippen molar-refractivity contribution in [1.29, 1.82) is 0 Å². The minimum absolute atomic E-state index is 0.00606. The zero-order chi connectivity index (χ0) is 46.8. The lowest BCUT2D eigenvalue weighted by atomic mass is 9.86. The van der Waals surface area contributed by atoms with E-state index in [1.54, 1.807) is 7.11 Å². The van der Waals surface area contributed by atoms with Crippen molar-refractivity contribution in [2.45, 2.75) is 113 Å². The summed E-state index contributed by atoms with van der Waals surface area (Å²) >= 11 is 0. The van der Waals surface area contributed by atoms with Gasteiger partial charge in [0.2, 0.25) is 27.7 Å². The van der Waals surface area contributed by atoms with E-state index < -0.39 is 74.7 Å². The number of pyridine rings is 1. The molecule has 4 aliphatic carbocycles. The number of anilines is 1. The predicted molar refractivity (Wildman–Crippen MR) is 250 cm³/mol. The van der Waals surface area contributed by atoms with Gasteiger partial charge in [-0.1, -0.05) is 38.1 Å². The Hall–Kier alpha value is -5.42. The Balaban J connectivity index is 1.01. The molecule has 16 nitrogen and oxygen atoms in total. The Morgan fingerprint density at radius 3 is 2.42 bits per heavy atom. The molecule has 358 valence electrons. The largest absolute Gasteiger partial charge is 0.497 e. The molecule has 7 aliphatic rings. The first-order chi connectivity index (χ1) is 32.2. The molecule has 10 atom stereocenters. The number of ether oxygens (including phenoxy) is 3. The first-order valence-electron chi connectivity index (χ1n) is 24.2. The van der Waals surface area contributed by atoms with Crippen LogP contribution in [0, 0.1) is 29.6 Å². The number of methoxy groups -OCH3 is 1. The van der Waals surface area contributed by atoms with Crippen LogP contribution in [0.25, 0.3) is 22.0 Å². The van der Waals surface area contributed by atoms with Crippen molar-refractivity contribution in [3.63, 3.8) is 0 Å². The monoisotopic (exact) mass is 938 g/mol. The summed E-state index contributed by atoms with van der Waals surface area (Å²) in [5, 5.41) is 14.8. The number of carbonyl (C=O) groups is 4. The zero-order valence-electron chi connectivity index (χ0n) is 38.5. The van der Waals surface area contributed by atoms with Crippen LogP contribution in [0.15, 0.2) is 60.7 Å². The number of fused-ring (bicyclic) bond motifs is 4. The average Bonchev–Trinajstić information content (AvgIpc) is 4.28. The summed E-state index contributed by atoms with van der Waals surface area (Å²) < 4.78 is 46.5. The van der Waals surface area contributed by atoms with E-state index >= 15 is 4.79 Å². The van der Waals surface area contributed by atoms with Gasteiger partial charge in [0.1, 0.15) is 29.5 Å². The quantitative estimate of drug-likeness (QED) is 0.209. The molecule has 3 N–H and O–H groups in total. The standard InChI is InChI=1S/C50H62N6O10S/c1-29-6-4-5-7-35-27-50(35,48(59)53-67(62,63)40-13-14-40)52-45(57)43-26-39(28-55(43)47(58)44(30(2)20-29)56(49(60)61)37-22-32-21-33(32)23-37)66-46-41-15-12-38(64-3)24-34(41)25-42(51-46)31-8-10-36(11-9-31)54-16-18-65-19-17-54/h5,7-12,15,24-25,29-30,32-33,35,37,39-40,43-44H,4,6,13-14,16-23,26-28H2,1-3H3,(H,52,57)(H,53,59)(H,60,61)/b7-5-/t29-,30+,32-,33?,35+,37?,39+,43-,44-,50+/m0/s1. The van der Waals surface area contributed by atoms with Crippen LogP contribution in [-0.4, -0.2) is 127 Å². The highest BCUT2D eigenvalue weighted by Gasteiger charge is 2.62. The average molecular weight is 939 g/mol. The number of carboxylic acid groups (broad SMARTS) is 1. The van der Waals surface area contributed by atoms with Crippen molar-refractivity contribution >= 4 is 50.3 Å². The molecule has 2 aromatic carbocycles. The molecule has 67 heavy (non-hydrogen) atoms. The molecule has 2 saturated heterocycles. The minimum atomic E-state index is -3.94. The van der Waals surface area contributed by atoms with E-state index in [9.17, 15) is 27.9 Å². The Bertz CT molecular complexity index is 2550. The number of hydrogen-bond donors (Lipinski definition) is 3. The number of aromatic nitrogens is 1. The summed E-state index contributed by atoms with van der Waals surface area (Å²) in [5.74, 6) is -0.826. The SMILES string of the molecule is COc1ccc2c(O[C@@H]3C[C@H]4C(=O)N[C@]5(C(=O)NS(=O)(=O)C6CC6)C[C@H]5/C=C\CC[C@H](C)C[C@@H](C)[C@H](N(C(=O)O)C5CC6C[C@H]6C5)C(=O)N4C3)nc(-c3ccc(N4CCOCC4)cc3)cc2c1. The molecule has 0 bridgehead atoms. The fourth-order valence-corrected chi connectivity index (χ4v) is 12.8. The fourth-order valence-electron chi connectivity index (χ4n) is 11.5. The third kappa shape index (κ3) is 9.17. The zero-order valence-corrected chi connectivity index (χ0v) is 39.3. The lowest BCUT2D eigenvalue weighted by Crippen LogP contribution is -2.61. The van der Waals surface area contributed by atoms with Crippen LogP contribution in [0.2, 0.25) is 0 Å². The van der Waals surface area contributed by atoms with Gasteiger partial charge in [-0.15, -0.1) is 0 Å². The van der Waals surface area contributed by atoms with Gasteiger partial charge in [-0.3, -0.25) is 24.0 Å². The summed E-state index contributed by atoms with van der Waals surface area (Å²) in [5.41, 5.74) is 1.02. The number of hydrogen-bond acceptors (Lipinski definition) is 11. The molecule has 3 aromatic rings. The van der Waals surface area contributed by atoms with Crippen LogP contribution in [0.1, 0.15) is 78.1 Å². The third-order valence-corrected chi connectivity index (χ3v) is 17.3. The van der Waals surface area contributed by atoms with Crippen molar-refractivity contribution in [2.75, 3.05) is 44.9 Å². The molecule has 2 unspecified atom stereocenters. The molecular formula is C50H62N6O10S. The van der Waals surface area contributed by atoms with E-state index in [0.717, 1.165) is 42.6 Å². The van der Waals surface area contributed by atoms with Gasteiger partial charge in [0.15, 0.2) is 0 Å². The van der Waals surface area contributed by atoms with Gasteiger partial charge in [0.05, 0.1) is 37.8 Å². The van der Waals surface area contributed by atoms with E-state index in [2.05, 4.69) is 34.0 Å². The number of carbonyl (C=O) groups excluding carboxylic acids is 3. The number of allylic oxidation sites excluding steroid dienone is 1. The number of benzene rings is 2. The van der Waals surface area contributed by atoms with Crippen LogP contribution < -0.4 is 24.4 Å². The number of nitrogens with zero attached hydrogens (tertiary/aromatic N) is 4. The van der Waals surface area contributed by atoms with Gasteiger partial charge in [-0.2, -0.15) is 0 Å². The van der Waals surface area contributed by atoms with E-state index in [0.29, 0.717) is 80.4 Å². The maximum Gasteiger partial charge on any atom is 0.408 e. The second-order valence-electron chi connectivity index (χ2n) is 20.3. The topological polar surface area (TPSA) is 197 Å². The molecule has 4 heterocycles. The smallest absolute Gasteiger partial charge is 0.408 e. The third-order valence-electron chi connectivity index (χ3n) is 15.5. The van der Waals surface area contributed by atoms with E-state index in [-0.39, 0.29) is 37.2 Å². The van der Waals surface area contributed by atoms with Crippen LogP contribution >= 0.6 is 0 Å². The fraction of sp³-hybridized carbons (Fsp3) is 0.580. The Kier molecular flexibility index (Phi) is 12.1. The van der Waals surface area contributed by atoms with E-state index in [4.69, 9.17) is 19.2 Å². The molecule has 17 heteroatoms. The van der Waals surface area contributed by atoms with Crippen LogP contribution in [0.3, 0.4) is 0 Å². The normalized spacial score (nSPS) is 32.4. The molecule has 0 spiro atoms. The van der Waals surface area contributed by atoms with Gasteiger partial charge in [-0.05, 0) is 123 Å². The maximum atomic E-state index is 15.5. The highest BCUT2D eigenvalue weighted by atomic mass is 32.2. The molecule has 4 saturated carbocycles. The van der Waals surface area contributed by atoms with Gasteiger partial charge >= 0.3 is 6.09 Å². The molecule has 3 aliphatic heterocycles. The van der Waals surface area contributed by atoms with Crippen LogP contribution in [0.5, 0.6) is 11.6 Å².